The molecule has 0 aromatic heterocycles. The van der Waals surface area contributed by atoms with Crippen molar-refractivity contribution in [1.29, 1.82) is 0 Å². The minimum absolute atomic E-state index is 0.703. The molecule has 0 aliphatic carbocycles. The first-order valence-electron chi connectivity index (χ1n) is 7.09. The van der Waals surface area contributed by atoms with Gasteiger partial charge in [-0.2, -0.15) is 11.8 Å². The first-order valence-corrected chi connectivity index (χ1v) is 8.49. The summed E-state index contributed by atoms with van der Waals surface area (Å²) in [4.78, 5) is 2.70. The van der Waals surface area contributed by atoms with Gasteiger partial charge in [0.25, 0.3) is 0 Å². The molecule has 17 heavy (non-hydrogen) atoms. The quantitative estimate of drug-likeness (QED) is 0.789. The Morgan fingerprint density at radius 3 is 2.76 bits per heavy atom. The highest BCUT2D eigenvalue weighted by Crippen LogP contribution is 2.14. The van der Waals surface area contributed by atoms with Gasteiger partial charge in [-0.15, -0.1) is 0 Å². The Labute approximate surface area is 112 Å². The van der Waals surface area contributed by atoms with Crippen LogP contribution < -0.4 is 5.32 Å². The van der Waals surface area contributed by atoms with Crippen molar-refractivity contribution in [2.45, 2.75) is 52.1 Å². The maximum Gasteiger partial charge on any atom is 0.0197 e. The Morgan fingerprint density at radius 2 is 2.12 bits per heavy atom. The lowest BCUT2D eigenvalue weighted by molar-refractivity contribution is 0.194. The van der Waals surface area contributed by atoms with E-state index in [1.807, 2.05) is 11.8 Å². The lowest BCUT2D eigenvalue weighted by atomic mass is 10.0. The second-order valence-corrected chi connectivity index (χ2v) is 6.75. The summed E-state index contributed by atoms with van der Waals surface area (Å²) in [6.07, 6.45) is 6.15. The molecule has 0 spiro atoms. The maximum absolute atomic E-state index is 3.71. The Balaban J connectivity index is 2.41. The lowest BCUT2D eigenvalue weighted by Gasteiger charge is -2.30. The Hall–Kier alpha value is 0.270. The molecular weight excluding hydrogens is 228 g/mol. The first kappa shape index (κ1) is 15.3. The number of nitrogens with one attached hydrogen (secondary N) is 1. The monoisotopic (exact) mass is 258 g/mol. The average Bonchev–Trinajstić information content (AvgIpc) is 2.50. The Bertz CT molecular complexity index is 197. The van der Waals surface area contributed by atoms with E-state index in [1.54, 1.807) is 0 Å². The minimum Gasteiger partial charge on any atom is -0.313 e. The van der Waals surface area contributed by atoms with E-state index in [0.29, 0.717) is 6.04 Å². The molecule has 1 N–H and O–H groups in total. The molecule has 0 bridgehead atoms. The van der Waals surface area contributed by atoms with Crippen molar-refractivity contribution >= 4 is 11.8 Å². The van der Waals surface area contributed by atoms with Crippen LogP contribution in [0.3, 0.4) is 0 Å². The molecule has 0 aromatic carbocycles. The molecule has 1 aliphatic heterocycles. The highest BCUT2D eigenvalue weighted by Gasteiger charge is 2.21. The molecule has 0 saturated carbocycles. The lowest BCUT2D eigenvalue weighted by Crippen LogP contribution is -2.42. The van der Waals surface area contributed by atoms with Gasteiger partial charge in [0.15, 0.2) is 0 Å². The molecule has 2 unspecified atom stereocenters. The topological polar surface area (TPSA) is 15.3 Å². The van der Waals surface area contributed by atoms with Gasteiger partial charge in [-0.1, -0.05) is 13.8 Å². The SMILES string of the molecule is CSCCC(C)N1CCCNC(CC(C)C)C1. The van der Waals surface area contributed by atoms with E-state index in [9.17, 15) is 0 Å². The van der Waals surface area contributed by atoms with E-state index in [2.05, 4.69) is 37.2 Å². The van der Waals surface area contributed by atoms with Gasteiger partial charge in [0, 0.05) is 18.6 Å². The van der Waals surface area contributed by atoms with Crippen LogP contribution in [0.4, 0.5) is 0 Å². The normalized spacial score (nSPS) is 24.9. The zero-order chi connectivity index (χ0) is 12.7. The molecule has 1 rings (SSSR count). The zero-order valence-electron chi connectivity index (χ0n) is 12.0. The molecule has 1 aliphatic rings. The van der Waals surface area contributed by atoms with E-state index < -0.39 is 0 Å². The summed E-state index contributed by atoms with van der Waals surface area (Å²) in [7, 11) is 0. The smallest absolute Gasteiger partial charge is 0.0197 e. The fraction of sp³-hybridized carbons (Fsp3) is 1.00. The Kier molecular flexibility index (Phi) is 7.56. The third-order valence-corrected chi connectivity index (χ3v) is 4.27. The average molecular weight is 258 g/mol. The number of hydrogen-bond acceptors (Lipinski definition) is 3. The van der Waals surface area contributed by atoms with E-state index in [1.165, 1.54) is 44.6 Å². The zero-order valence-corrected chi connectivity index (χ0v) is 12.9. The molecule has 1 fully saturated rings. The third-order valence-electron chi connectivity index (χ3n) is 3.63. The first-order chi connectivity index (χ1) is 8.13. The molecule has 0 radical (unpaired) electrons. The summed E-state index contributed by atoms with van der Waals surface area (Å²) in [6, 6.07) is 1.45. The van der Waals surface area contributed by atoms with Gasteiger partial charge in [0.05, 0.1) is 0 Å². The van der Waals surface area contributed by atoms with Crippen molar-refractivity contribution in [2.24, 2.45) is 5.92 Å². The number of rotatable bonds is 6. The second kappa shape index (κ2) is 8.39. The highest BCUT2D eigenvalue weighted by molar-refractivity contribution is 7.98. The van der Waals surface area contributed by atoms with E-state index in [-0.39, 0.29) is 0 Å². The second-order valence-electron chi connectivity index (χ2n) is 5.76. The van der Waals surface area contributed by atoms with E-state index >= 15 is 0 Å². The summed E-state index contributed by atoms with van der Waals surface area (Å²) >= 11 is 1.97. The van der Waals surface area contributed by atoms with Crippen LogP contribution in [0.25, 0.3) is 0 Å². The van der Waals surface area contributed by atoms with Crippen LogP contribution in [-0.4, -0.2) is 48.6 Å². The van der Waals surface area contributed by atoms with Gasteiger partial charge in [-0.05, 0) is 57.2 Å². The number of nitrogens with zero attached hydrogens (tertiary/aromatic N) is 1. The summed E-state index contributed by atoms with van der Waals surface area (Å²) in [6.45, 7) is 10.8. The molecule has 2 nitrogen and oxygen atoms in total. The fourth-order valence-electron chi connectivity index (χ4n) is 2.63. The molecule has 1 heterocycles. The van der Waals surface area contributed by atoms with Gasteiger partial charge < -0.3 is 5.32 Å². The highest BCUT2D eigenvalue weighted by atomic mass is 32.2. The van der Waals surface area contributed by atoms with Crippen LogP contribution in [0.5, 0.6) is 0 Å². The van der Waals surface area contributed by atoms with Crippen molar-refractivity contribution < 1.29 is 0 Å². The fourth-order valence-corrected chi connectivity index (χ4v) is 3.20. The van der Waals surface area contributed by atoms with Crippen LogP contribution in [-0.2, 0) is 0 Å². The van der Waals surface area contributed by atoms with Crippen molar-refractivity contribution in [3.8, 4) is 0 Å². The van der Waals surface area contributed by atoms with Crippen LogP contribution in [0.15, 0.2) is 0 Å². The van der Waals surface area contributed by atoms with E-state index in [4.69, 9.17) is 0 Å². The van der Waals surface area contributed by atoms with Gasteiger partial charge in [0.2, 0.25) is 0 Å². The molecule has 3 heteroatoms. The minimum atomic E-state index is 0.703. The van der Waals surface area contributed by atoms with Crippen molar-refractivity contribution in [3.63, 3.8) is 0 Å². The van der Waals surface area contributed by atoms with Gasteiger partial charge in [-0.25, -0.2) is 0 Å². The third kappa shape index (κ3) is 6.12. The number of thioether (sulfide) groups is 1. The van der Waals surface area contributed by atoms with Crippen LogP contribution in [0.1, 0.15) is 40.0 Å². The Morgan fingerprint density at radius 1 is 1.35 bits per heavy atom. The largest absolute Gasteiger partial charge is 0.313 e. The summed E-state index contributed by atoms with van der Waals surface area (Å²) in [5.41, 5.74) is 0. The van der Waals surface area contributed by atoms with Crippen LogP contribution in [0, 0.1) is 5.92 Å². The van der Waals surface area contributed by atoms with E-state index in [0.717, 1.165) is 12.0 Å². The maximum atomic E-state index is 3.71. The molecular formula is C14H30N2S. The molecule has 0 aromatic rings. The molecule has 1 saturated heterocycles. The van der Waals surface area contributed by atoms with Gasteiger partial charge in [-0.3, -0.25) is 4.90 Å². The summed E-state index contributed by atoms with van der Waals surface area (Å²) in [5, 5.41) is 3.71. The van der Waals surface area contributed by atoms with Gasteiger partial charge in [0.1, 0.15) is 0 Å². The molecule has 2 atom stereocenters. The van der Waals surface area contributed by atoms with Crippen molar-refractivity contribution in [1.82, 2.24) is 10.2 Å². The summed E-state index contributed by atoms with van der Waals surface area (Å²) in [5.74, 6) is 2.09. The van der Waals surface area contributed by atoms with Crippen molar-refractivity contribution in [3.05, 3.63) is 0 Å². The predicted molar refractivity (Wildman–Crippen MR) is 79.9 cm³/mol. The summed E-state index contributed by atoms with van der Waals surface area (Å²) < 4.78 is 0. The molecule has 0 amide bonds. The van der Waals surface area contributed by atoms with Crippen LogP contribution in [0.2, 0.25) is 0 Å². The predicted octanol–water partition coefficient (Wildman–Crippen LogP) is 2.84. The van der Waals surface area contributed by atoms with Crippen LogP contribution >= 0.6 is 11.8 Å². The van der Waals surface area contributed by atoms with Gasteiger partial charge >= 0.3 is 0 Å². The molecule has 102 valence electrons. The standard InChI is InChI=1S/C14H30N2S/c1-12(2)10-14-11-16(8-5-7-15-14)13(3)6-9-17-4/h12-15H,5-11H2,1-4H3. The number of hydrogen-bond donors (Lipinski definition) is 1. The van der Waals surface area contributed by atoms with Crippen molar-refractivity contribution in [2.75, 3.05) is 31.6 Å².